The van der Waals surface area contributed by atoms with Crippen LogP contribution in [0.1, 0.15) is 23.0 Å². The van der Waals surface area contributed by atoms with Crippen LogP contribution in [0.25, 0.3) is 0 Å². The zero-order valence-corrected chi connectivity index (χ0v) is 18.1. The third-order valence-electron chi connectivity index (χ3n) is 5.85. The molecular weight excluding hydrogens is 400 g/mol. The number of methoxy groups -OCH3 is 1. The SMILES string of the molecule is COCCn1nnnc1[C@H](c1ccccc1Cl)[NH+]1CC[NH+](Cc2ccccc2)CC1. The van der Waals surface area contributed by atoms with Crippen molar-refractivity contribution in [2.45, 2.75) is 19.1 Å². The first-order valence-corrected chi connectivity index (χ1v) is 10.9. The van der Waals surface area contributed by atoms with Crippen molar-refractivity contribution in [3.8, 4) is 0 Å². The molecule has 1 aliphatic rings. The summed E-state index contributed by atoms with van der Waals surface area (Å²) in [6.45, 7) is 6.53. The van der Waals surface area contributed by atoms with Gasteiger partial charge in [-0.1, -0.05) is 60.1 Å². The minimum atomic E-state index is 0.00355. The van der Waals surface area contributed by atoms with Gasteiger partial charge in [-0.3, -0.25) is 0 Å². The molecule has 0 bridgehead atoms. The Morgan fingerprint density at radius 2 is 1.77 bits per heavy atom. The van der Waals surface area contributed by atoms with Crippen molar-refractivity contribution in [1.29, 1.82) is 0 Å². The minimum absolute atomic E-state index is 0.00355. The van der Waals surface area contributed by atoms with E-state index < -0.39 is 0 Å². The predicted octanol–water partition coefficient (Wildman–Crippen LogP) is 0.0459. The van der Waals surface area contributed by atoms with Crippen molar-refractivity contribution in [3.63, 3.8) is 0 Å². The summed E-state index contributed by atoms with van der Waals surface area (Å²) < 4.78 is 7.10. The Balaban J connectivity index is 1.54. The lowest BCUT2D eigenvalue weighted by Crippen LogP contribution is -3.27. The summed E-state index contributed by atoms with van der Waals surface area (Å²) in [5.41, 5.74) is 2.47. The number of tetrazole rings is 1. The van der Waals surface area contributed by atoms with E-state index in [1.807, 2.05) is 22.9 Å². The van der Waals surface area contributed by atoms with Gasteiger partial charge in [0.25, 0.3) is 0 Å². The molecule has 0 spiro atoms. The molecule has 7 nitrogen and oxygen atoms in total. The van der Waals surface area contributed by atoms with Crippen LogP contribution in [-0.4, -0.2) is 60.1 Å². The molecule has 1 saturated heterocycles. The molecule has 0 saturated carbocycles. The number of hydrogen-bond donors (Lipinski definition) is 2. The van der Waals surface area contributed by atoms with E-state index in [2.05, 4.69) is 51.9 Å². The molecule has 2 heterocycles. The highest BCUT2D eigenvalue weighted by atomic mass is 35.5. The van der Waals surface area contributed by atoms with Gasteiger partial charge in [0.1, 0.15) is 32.7 Å². The van der Waals surface area contributed by atoms with Gasteiger partial charge in [-0.25, -0.2) is 4.68 Å². The van der Waals surface area contributed by atoms with E-state index in [1.165, 1.54) is 10.5 Å². The van der Waals surface area contributed by atoms with Crippen LogP contribution in [-0.2, 0) is 17.8 Å². The van der Waals surface area contributed by atoms with Crippen molar-refractivity contribution >= 4 is 11.6 Å². The fourth-order valence-electron chi connectivity index (χ4n) is 4.28. The maximum atomic E-state index is 6.63. The number of hydrogen-bond acceptors (Lipinski definition) is 4. The maximum Gasteiger partial charge on any atom is 0.214 e. The molecule has 1 aliphatic heterocycles. The highest BCUT2D eigenvalue weighted by molar-refractivity contribution is 6.31. The molecule has 3 aromatic rings. The summed E-state index contributed by atoms with van der Waals surface area (Å²) in [5.74, 6) is 0.849. The molecule has 1 aromatic heterocycles. The van der Waals surface area contributed by atoms with Crippen LogP contribution in [0.15, 0.2) is 54.6 Å². The Kier molecular flexibility index (Phi) is 7.07. The highest BCUT2D eigenvalue weighted by Crippen LogP contribution is 2.24. The average Bonchev–Trinajstić information content (AvgIpc) is 3.24. The number of quaternary nitrogens is 2. The first-order valence-electron chi connectivity index (χ1n) is 10.5. The van der Waals surface area contributed by atoms with Gasteiger partial charge in [-0.15, -0.1) is 5.10 Å². The second-order valence-electron chi connectivity index (χ2n) is 7.78. The lowest BCUT2D eigenvalue weighted by molar-refractivity contribution is -1.03. The number of nitrogens with zero attached hydrogens (tertiary/aromatic N) is 4. The molecule has 0 aliphatic carbocycles. The van der Waals surface area contributed by atoms with Gasteiger partial charge in [-0.05, 0) is 16.5 Å². The molecule has 158 valence electrons. The monoisotopic (exact) mass is 428 g/mol. The average molecular weight is 429 g/mol. The Bertz CT molecular complexity index is 926. The van der Waals surface area contributed by atoms with Gasteiger partial charge in [-0.2, -0.15) is 0 Å². The Labute approximate surface area is 182 Å². The molecule has 8 heteroatoms. The van der Waals surface area contributed by atoms with Crippen LogP contribution in [0.4, 0.5) is 0 Å². The second kappa shape index (κ2) is 10.1. The second-order valence-corrected chi connectivity index (χ2v) is 8.19. The van der Waals surface area contributed by atoms with Crippen LogP contribution < -0.4 is 9.80 Å². The zero-order valence-electron chi connectivity index (χ0n) is 17.3. The standard InChI is InChI=1S/C22H27ClN6O/c1-30-16-15-29-22(24-25-26-29)21(19-9-5-6-10-20(19)23)28-13-11-27(12-14-28)17-18-7-3-2-4-8-18/h2-10,21H,11-17H2,1H3/p+2/t21-/m0/s1. The predicted molar refractivity (Wildman–Crippen MR) is 115 cm³/mol. The van der Waals surface area contributed by atoms with Crippen molar-refractivity contribution in [2.24, 2.45) is 0 Å². The first kappa shape index (κ1) is 20.9. The molecule has 0 unspecified atom stereocenters. The molecular formula is C22H29ClN6O+2. The topological polar surface area (TPSA) is 61.7 Å². The van der Waals surface area contributed by atoms with Crippen LogP contribution >= 0.6 is 11.6 Å². The fraction of sp³-hybridized carbons (Fsp3) is 0.409. The van der Waals surface area contributed by atoms with Crippen LogP contribution in [0, 0.1) is 0 Å². The summed E-state index contributed by atoms with van der Waals surface area (Å²) in [4.78, 5) is 3.07. The number of benzene rings is 2. The quantitative estimate of drug-likeness (QED) is 0.532. The van der Waals surface area contributed by atoms with E-state index in [4.69, 9.17) is 16.3 Å². The van der Waals surface area contributed by atoms with E-state index in [0.717, 1.165) is 49.1 Å². The number of halogens is 1. The lowest BCUT2D eigenvalue weighted by Gasteiger charge is -2.34. The molecule has 30 heavy (non-hydrogen) atoms. The molecule has 1 atom stereocenters. The minimum Gasteiger partial charge on any atom is -0.383 e. The van der Waals surface area contributed by atoms with Gasteiger partial charge in [0, 0.05) is 18.2 Å². The van der Waals surface area contributed by atoms with Gasteiger partial charge < -0.3 is 14.5 Å². The molecule has 1 fully saturated rings. The van der Waals surface area contributed by atoms with Crippen molar-refractivity contribution in [2.75, 3.05) is 39.9 Å². The zero-order chi connectivity index (χ0) is 20.8. The Morgan fingerprint density at radius 3 is 2.50 bits per heavy atom. The van der Waals surface area contributed by atoms with E-state index in [0.29, 0.717) is 13.2 Å². The Morgan fingerprint density at radius 1 is 1.03 bits per heavy atom. The van der Waals surface area contributed by atoms with Crippen molar-refractivity contribution < 1.29 is 14.5 Å². The largest absolute Gasteiger partial charge is 0.383 e. The van der Waals surface area contributed by atoms with Gasteiger partial charge in [0.15, 0.2) is 6.04 Å². The number of aromatic nitrogens is 4. The van der Waals surface area contributed by atoms with E-state index in [-0.39, 0.29) is 6.04 Å². The fourth-order valence-corrected chi connectivity index (χ4v) is 4.53. The first-order chi connectivity index (χ1) is 14.8. The molecule has 2 aromatic carbocycles. The normalized spacial score (nSPS) is 20.2. The van der Waals surface area contributed by atoms with Gasteiger partial charge in [0.05, 0.1) is 18.2 Å². The molecule has 0 radical (unpaired) electrons. The third kappa shape index (κ3) is 4.87. The number of piperazine rings is 1. The number of rotatable bonds is 8. The summed E-state index contributed by atoms with van der Waals surface area (Å²) >= 11 is 6.63. The number of ether oxygens (including phenoxy) is 1. The number of nitrogens with one attached hydrogen (secondary N) is 2. The van der Waals surface area contributed by atoms with Crippen molar-refractivity contribution in [3.05, 3.63) is 76.6 Å². The van der Waals surface area contributed by atoms with Gasteiger partial charge in [0.2, 0.25) is 5.82 Å². The lowest BCUT2D eigenvalue weighted by atomic mass is 10.0. The van der Waals surface area contributed by atoms with Crippen LogP contribution in [0.5, 0.6) is 0 Å². The maximum absolute atomic E-state index is 6.63. The van der Waals surface area contributed by atoms with Crippen molar-refractivity contribution in [1.82, 2.24) is 20.2 Å². The third-order valence-corrected chi connectivity index (χ3v) is 6.19. The summed E-state index contributed by atoms with van der Waals surface area (Å²) in [6, 6.07) is 18.8. The molecule has 4 rings (SSSR count). The summed E-state index contributed by atoms with van der Waals surface area (Å²) in [5, 5.41) is 13.3. The molecule has 2 N–H and O–H groups in total. The molecule has 0 amide bonds. The Hall–Kier alpha value is -2.32. The van der Waals surface area contributed by atoms with Crippen LogP contribution in [0.3, 0.4) is 0 Å². The van der Waals surface area contributed by atoms with E-state index in [1.54, 1.807) is 12.0 Å². The highest BCUT2D eigenvalue weighted by Gasteiger charge is 2.36. The van der Waals surface area contributed by atoms with Gasteiger partial charge >= 0.3 is 0 Å². The summed E-state index contributed by atoms with van der Waals surface area (Å²) in [7, 11) is 1.69. The smallest absolute Gasteiger partial charge is 0.214 e. The van der Waals surface area contributed by atoms with E-state index >= 15 is 0 Å². The van der Waals surface area contributed by atoms with E-state index in [9.17, 15) is 0 Å². The summed E-state index contributed by atoms with van der Waals surface area (Å²) in [6.07, 6.45) is 0. The van der Waals surface area contributed by atoms with Crippen LogP contribution in [0.2, 0.25) is 5.02 Å².